The van der Waals surface area contributed by atoms with E-state index in [0.717, 1.165) is 29.8 Å². The van der Waals surface area contributed by atoms with Gasteiger partial charge in [0.25, 0.3) is 5.91 Å². The third-order valence-corrected chi connectivity index (χ3v) is 3.98. The Kier molecular flexibility index (Phi) is 3.41. The highest BCUT2D eigenvalue weighted by Gasteiger charge is 2.32. The van der Waals surface area contributed by atoms with Crippen molar-refractivity contribution in [3.05, 3.63) is 64.2 Å². The number of anilines is 1. The van der Waals surface area contributed by atoms with Crippen molar-refractivity contribution >= 4 is 23.2 Å². The summed E-state index contributed by atoms with van der Waals surface area (Å²) in [6, 6.07) is 9.16. The largest absolute Gasteiger partial charge is 0.305 e. The van der Waals surface area contributed by atoms with Crippen molar-refractivity contribution in [2.75, 3.05) is 4.90 Å². The standard InChI is InChI=1S/C16H12ClF2NO/c1-9-6-10-4-2-3-5-15(10)20(9)16(21)11-7-13(18)14(19)8-12(11)17/h2-5,7-9H,6H2,1H3/t9-/m1/s1. The van der Waals surface area contributed by atoms with Gasteiger partial charge in [0, 0.05) is 11.7 Å². The number of carbonyl (C=O) groups excluding carboxylic acids is 1. The molecule has 0 saturated heterocycles. The number of para-hydroxylation sites is 1. The van der Waals surface area contributed by atoms with E-state index in [2.05, 4.69) is 0 Å². The van der Waals surface area contributed by atoms with Crippen LogP contribution in [0.3, 0.4) is 0 Å². The number of rotatable bonds is 1. The smallest absolute Gasteiger partial charge is 0.260 e. The lowest BCUT2D eigenvalue weighted by atomic mass is 10.1. The average Bonchev–Trinajstić information content (AvgIpc) is 2.78. The van der Waals surface area contributed by atoms with E-state index in [9.17, 15) is 13.6 Å². The average molecular weight is 308 g/mol. The number of hydrogen-bond acceptors (Lipinski definition) is 1. The Morgan fingerprint density at radius 3 is 2.67 bits per heavy atom. The zero-order valence-electron chi connectivity index (χ0n) is 11.2. The van der Waals surface area contributed by atoms with Gasteiger partial charge in [0.05, 0.1) is 10.6 Å². The Bertz CT molecular complexity index is 732. The van der Waals surface area contributed by atoms with Crippen LogP contribution in [-0.4, -0.2) is 11.9 Å². The molecule has 2 aromatic carbocycles. The van der Waals surface area contributed by atoms with E-state index >= 15 is 0 Å². The number of benzene rings is 2. The Morgan fingerprint density at radius 2 is 1.90 bits per heavy atom. The molecule has 0 saturated carbocycles. The first-order chi connectivity index (χ1) is 9.99. The minimum atomic E-state index is -1.08. The monoisotopic (exact) mass is 307 g/mol. The van der Waals surface area contributed by atoms with Crippen LogP contribution in [-0.2, 0) is 6.42 Å². The molecule has 0 unspecified atom stereocenters. The van der Waals surface area contributed by atoms with Crippen molar-refractivity contribution < 1.29 is 13.6 Å². The first-order valence-electron chi connectivity index (χ1n) is 6.55. The van der Waals surface area contributed by atoms with Crippen LogP contribution in [0.1, 0.15) is 22.8 Å². The number of carbonyl (C=O) groups is 1. The summed E-state index contributed by atoms with van der Waals surface area (Å²) < 4.78 is 26.5. The van der Waals surface area contributed by atoms with Gasteiger partial charge in [0.15, 0.2) is 11.6 Å². The number of nitrogens with zero attached hydrogens (tertiary/aromatic N) is 1. The van der Waals surface area contributed by atoms with Crippen LogP contribution in [0, 0.1) is 11.6 Å². The molecule has 2 aromatic rings. The molecule has 1 aliphatic rings. The number of hydrogen-bond donors (Lipinski definition) is 0. The highest BCUT2D eigenvalue weighted by Crippen LogP contribution is 2.34. The lowest BCUT2D eigenvalue weighted by molar-refractivity contribution is 0.0981. The quantitative estimate of drug-likeness (QED) is 0.723. The summed E-state index contributed by atoms with van der Waals surface area (Å²) in [4.78, 5) is 14.2. The van der Waals surface area contributed by atoms with Crippen molar-refractivity contribution in [1.82, 2.24) is 0 Å². The van der Waals surface area contributed by atoms with Crippen LogP contribution >= 0.6 is 11.6 Å². The summed E-state index contributed by atoms with van der Waals surface area (Å²) in [6.07, 6.45) is 0.725. The van der Waals surface area contributed by atoms with Gasteiger partial charge >= 0.3 is 0 Å². The summed E-state index contributed by atoms with van der Waals surface area (Å²) in [5.41, 5.74) is 1.81. The predicted molar refractivity (Wildman–Crippen MR) is 77.8 cm³/mol. The molecule has 2 nitrogen and oxygen atoms in total. The molecule has 0 bridgehead atoms. The summed E-state index contributed by atoms with van der Waals surface area (Å²) in [6.45, 7) is 1.91. The predicted octanol–water partition coefficient (Wildman–Crippen LogP) is 4.21. The van der Waals surface area contributed by atoms with Crippen LogP contribution < -0.4 is 4.90 Å². The molecular formula is C16H12ClF2NO. The van der Waals surface area contributed by atoms with Crippen molar-refractivity contribution in [3.63, 3.8) is 0 Å². The van der Waals surface area contributed by atoms with Crippen molar-refractivity contribution in [1.29, 1.82) is 0 Å². The number of amides is 1. The van der Waals surface area contributed by atoms with Gasteiger partial charge in [-0.1, -0.05) is 29.8 Å². The van der Waals surface area contributed by atoms with Gasteiger partial charge in [-0.2, -0.15) is 0 Å². The van der Waals surface area contributed by atoms with Crippen LogP contribution in [0.4, 0.5) is 14.5 Å². The lowest BCUT2D eigenvalue weighted by Gasteiger charge is -2.23. The second kappa shape index (κ2) is 5.11. The van der Waals surface area contributed by atoms with Crippen LogP contribution in [0.2, 0.25) is 5.02 Å². The van der Waals surface area contributed by atoms with E-state index in [-0.39, 0.29) is 16.6 Å². The third-order valence-electron chi connectivity index (χ3n) is 3.67. The molecule has 1 amide bonds. The summed E-state index contributed by atoms with van der Waals surface area (Å²) >= 11 is 5.90. The SMILES string of the molecule is C[C@@H]1Cc2ccccc2N1C(=O)c1cc(F)c(F)cc1Cl. The van der Waals surface area contributed by atoms with Crippen LogP contribution in [0.5, 0.6) is 0 Å². The maximum atomic E-state index is 13.4. The zero-order chi connectivity index (χ0) is 15.1. The van der Waals surface area contributed by atoms with Gasteiger partial charge in [-0.25, -0.2) is 8.78 Å². The molecule has 1 atom stereocenters. The van der Waals surface area contributed by atoms with E-state index in [1.54, 1.807) is 4.90 Å². The minimum Gasteiger partial charge on any atom is -0.305 e. The maximum Gasteiger partial charge on any atom is 0.260 e. The molecule has 0 aromatic heterocycles. The summed E-state index contributed by atoms with van der Waals surface area (Å²) in [5.74, 6) is -2.56. The Balaban J connectivity index is 2.05. The molecule has 0 fully saturated rings. The van der Waals surface area contributed by atoms with Crippen molar-refractivity contribution in [2.45, 2.75) is 19.4 Å². The van der Waals surface area contributed by atoms with Gasteiger partial charge in [-0.3, -0.25) is 4.79 Å². The van der Waals surface area contributed by atoms with E-state index < -0.39 is 17.5 Å². The molecule has 0 spiro atoms. The van der Waals surface area contributed by atoms with E-state index in [4.69, 9.17) is 11.6 Å². The van der Waals surface area contributed by atoms with Gasteiger partial charge in [-0.15, -0.1) is 0 Å². The van der Waals surface area contributed by atoms with Crippen LogP contribution in [0.25, 0.3) is 0 Å². The Hall–Kier alpha value is -1.94. The molecule has 108 valence electrons. The van der Waals surface area contributed by atoms with Crippen molar-refractivity contribution in [2.24, 2.45) is 0 Å². The fourth-order valence-corrected chi connectivity index (χ4v) is 2.92. The van der Waals surface area contributed by atoms with Crippen LogP contribution in [0.15, 0.2) is 36.4 Å². The van der Waals surface area contributed by atoms with Gasteiger partial charge in [0.1, 0.15) is 0 Å². The first kappa shape index (κ1) is 14.0. The second-order valence-electron chi connectivity index (χ2n) is 5.10. The van der Waals surface area contributed by atoms with Gasteiger partial charge in [-0.05, 0) is 37.1 Å². The third kappa shape index (κ3) is 2.29. The molecule has 3 rings (SSSR count). The van der Waals surface area contributed by atoms with E-state index in [0.29, 0.717) is 0 Å². The maximum absolute atomic E-state index is 13.4. The molecule has 1 aliphatic heterocycles. The summed E-state index contributed by atoms with van der Waals surface area (Å²) in [5, 5.41) is -0.0875. The van der Waals surface area contributed by atoms with E-state index in [1.165, 1.54) is 0 Å². The molecule has 0 radical (unpaired) electrons. The Labute approximate surface area is 125 Å². The Morgan fingerprint density at radius 1 is 1.24 bits per heavy atom. The van der Waals surface area contributed by atoms with E-state index in [1.807, 2.05) is 31.2 Å². The topological polar surface area (TPSA) is 20.3 Å². The highest BCUT2D eigenvalue weighted by molar-refractivity contribution is 6.34. The molecule has 5 heteroatoms. The second-order valence-corrected chi connectivity index (χ2v) is 5.51. The fourth-order valence-electron chi connectivity index (χ4n) is 2.69. The summed E-state index contributed by atoms with van der Waals surface area (Å²) in [7, 11) is 0. The number of fused-ring (bicyclic) bond motifs is 1. The molecule has 1 heterocycles. The lowest BCUT2D eigenvalue weighted by Crippen LogP contribution is -2.36. The fraction of sp³-hybridized carbons (Fsp3) is 0.188. The normalized spacial score (nSPS) is 17.0. The van der Waals surface area contributed by atoms with Gasteiger partial charge in [0.2, 0.25) is 0 Å². The van der Waals surface area contributed by atoms with Crippen molar-refractivity contribution in [3.8, 4) is 0 Å². The molecule has 21 heavy (non-hydrogen) atoms. The molecule has 0 aliphatic carbocycles. The zero-order valence-corrected chi connectivity index (χ0v) is 12.0. The minimum absolute atomic E-state index is 0.0286. The first-order valence-corrected chi connectivity index (χ1v) is 6.93. The molecular weight excluding hydrogens is 296 g/mol. The number of halogens is 3. The highest BCUT2D eigenvalue weighted by atomic mass is 35.5. The van der Waals surface area contributed by atoms with Gasteiger partial charge < -0.3 is 4.90 Å². The molecule has 0 N–H and O–H groups in total.